The van der Waals surface area contributed by atoms with Gasteiger partial charge in [0.25, 0.3) is 0 Å². The monoisotopic (exact) mass is 376 g/mol. The summed E-state index contributed by atoms with van der Waals surface area (Å²) >= 11 is 0.947. The van der Waals surface area contributed by atoms with Crippen LogP contribution in [0.4, 0.5) is 18.0 Å². The highest BCUT2D eigenvalue weighted by molar-refractivity contribution is 7.99. The van der Waals surface area contributed by atoms with E-state index in [9.17, 15) is 22.8 Å². The number of benzene rings is 1. The van der Waals surface area contributed by atoms with E-state index in [1.165, 1.54) is 23.9 Å². The Morgan fingerprint density at radius 1 is 1.28 bits per heavy atom. The van der Waals surface area contributed by atoms with Crippen molar-refractivity contribution >= 4 is 23.7 Å². The van der Waals surface area contributed by atoms with Gasteiger partial charge < -0.3 is 10.1 Å². The standard InChI is InChI=1S/C12H11F3N6O3S/c1-16-10(23)17-9(22)6-25-11-18-19-20-21(11)7-2-4-8(5-3-7)24-12(13,14)15/h2-5H,6H2,1H3,(H2,16,17,22,23). The van der Waals surface area contributed by atoms with Gasteiger partial charge in [-0.15, -0.1) is 18.3 Å². The average Bonchev–Trinajstić information content (AvgIpc) is 3.00. The third kappa shape index (κ3) is 5.63. The van der Waals surface area contributed by atoms with Crippen molar-refractivity contribution in [2.75, 3.05) is 12.8 Å². The number of imide groups is 1. The van der Waals surface area contributed by atoms with Crippen LogP contribution in [0.5, 0.6) is 5.75 Å². The fourth-order valence-corrected chi connectivity index (χ4v) is 2.27. The van der Waals surface area contributed by atoms with E-state index in [0.717, 1.165) is 23.9 Å². The van der Waals surface area contributed by atoms with Crippen LogP contribution >= 0.6 is 11.8 Å². The molecule has 134 valence electrons. The molecule has 1 heterocycles. The van der Waals surface area contributed by atoms with E-state index >= 15 is 0 Å². The molecule has 9 nitrogen and oxygen atoms in total. The topological polar surface area (TPSA) is 111 Å². The zero-order valence-electron chi connectivity index (χ0n) is 12.6. The lowest BCUT2D eigenvalue weighted by Gasteiger charge is -2.09. The summed E-state index contributed by atoms with van der Waals surface area (Å²) in [4.78, 5) is 22.6. The fraction of sp³-hybridized carbons (Fsp3) is 0.250. The van der Waals surface area contributed by atoms with Crippen molar-refractivity contribution in [1.82, 2.24) is 30.8 Å². The third-order valence-electron chi connectivity index (χ3n) is 2.57. The molecule has 0 aliphatic rings. The van der Waals surface area contributed by atoms with Gasteiger partial charge in [-0.25, -0.2) is 4.79 Å². The van der Waals surface area contributed by atoms with Gasteiger partial charge in [-0.05, 0) is 34.7 Å². The van der Waals surface area contributed by atoms with Crippen LogP contribution in [0.1, 0.15) is 0 Å². The van der Waals surface area contributed by atoms with Crippen molar-refractivity contribution in [2.45, 2.75) is 11.5 Å². The number of thioether (sulfide) groups is 1. The molecule has 0 saturated carbocycles. The highest BCUT2D eigenvalue weighted by atomic mass is 32.2. The molecule has 13 heteroatoms. The number of halogens is 3. The van der Waals surface area contributed by atoms with Gasteiger partial charge in [0.2, 0.25) is 11.1 Å². The van der Waals surface area contributed by atoms with E-state index in [1.54, 1.807) is 0 Å². The summed E-state index contributed by atoms with van der Waals surface area (Å²) < 4.78 is 41.4. The quantitative estimate of drug-likeness (QED) is 0.752. The lowest BCUT2D eigenvalue weighted by Crippen LogP contribution is -2.38. The number of hydrogen-bond donors (Lipinski definition) is 2. The second-order valence-electron chi connectivity index (χ2n) is 4.33. The van der Waals surface area contributed by atoms with Crippen LogP contribution in [0.3, 0.4) is 0 Å². The Balaban J connectivity index is 2.03. The van der Waals surface area contributed by atoms with Gasteiger partial charge in [0.1, 0.15) is 5.75 Å². The molecule has 0 aliphatic carbocycles. The maximum atomic E-state index is 12.1. The number of amides is 3. The lowest BCUT2D eigenvalue weighted by atomic mass is 10.3. The molecule has 0 unspecified atom stereocenters. The van der Waals surface area contributed by atoms with Gasteiger partial charge in [0.05, 0.1) is 11.4 Å². The Morgan fingerprint density at radius 2 is 1.96 bits per heavy atom. The number of rotatable bonds is 5. The predicted octanol–water partition coefficient (Wildman–Crippen LogP) is 1.11. The number of carbonyl (C=O) groups excluding carboxylic acids is 2. The highest BCUT2D eigenvalue weighted by Crippen LogP contribution is 2.24. The van der Waals surface area contributed by atoms with Crippen molar-refractivity contribution in [3.8, 4) is 11.4 Å². The minimum Gasteiger partial charge on any atom is -0.406 e. The Bertz CT molecular complexity index is 749. The molecule has 0 atom stereocenters. The largest absolute Gasteiger partial charge is 0.573 e. The molecule has 0 radical (unpaired) electrons. The number of alkyl halides is 3. The summed E-state index contributed by atoms with van der Waals surface area (Å²) in [6, 6.07) is 4.22. The van der Waals surface area contributed by atoms with Gasteiger partial charge >= 0.3 is 12.4 Å². The zero-order chi connectivity index (χ0) is 18.4. The molecule has 2 aromatic rings. The number of hydrogen-bond acceptors (Lipinski definition) is 7. The van der Waals surface area contributed by atoms with Gasteiger partial charge in [-0.3, -0.25) is 10.1 Å². The molecule has 1 aromatic heterocycles. The van der Waals surface area contributed by atoms with Gasteiger partial charge in [-0.1, -0.05) is 11.8 Å². The van der Waals surface area contributed by atoms with Crippen LogP contribution in [-0.2, 0) is 4.79 Å². The average molecular weight is 376 g/mol. The van der Waals surface area contributed by atoms with Crippen molar-refractivity contribution in [2.24, 2.45) is 0 Å². The first-order valence-corrected chi connectivity index (χ1v) is 7.56. The van der Waals surface area contributed by atoms with E-state index < -0.39 is 18.3 Å². The smallest absolute Gasteiger partial charge is 0.406 e. The van der Waals surface area contributed by atoms with E-state index in [-0.39, 0.29) is 16.7 Å². The van der Waals surface area contributed by atoms with Crippen LogP contribution in [0.2, 0.25) is 0 Å². The van der Waals surface area contributed by atoms with Crippen molar-refractivity contribution in [1.29, 1.82) is 0 Å². The number of nitrogens with zero attached hydrogens (tertiary/aromatic N) is 4. The zero-order valence-corrected chi connectivity index (χ0v) is 13.4. The summed E-state index contributed by atoms with van der Waals surface area (Å²) in [7, 11) is 1.36. The Labute approximate surface area is 142 Å². The van der Waals surface area contributed by atoms with E-state index in [2.05, 4.69) is 30.9 Å². The molecule has 3 amide bonds. The Hall–Kier alpha value is -2.83. The fourth-order valence-electron chi connectivity index (χ4n) is 1.58. The third-order valence-corrected chi connectivity index (χ3v) is 3.49. The summed E-state index contributed by atoms with van der Waals surface area (Å²) in [6.07, 6.45) is -4.78. The summed E-state index contributed by atoms with van der Waals surface area (Å²) in [5.74, 6) is -1.08. The Kier molecular flexibility index (Phi) is 5.80. The van der Waals surface area contributed by atoms with E-state index in [4.69, 9.17) is 0 Å². The number of urea groups is 1. The predicted molar refractivity (Wildman–Crippen MR) is 79.2 cm³/mol. The molecule has 0 bridgehead atoms. The SMILES string of the molecule is CNC(=O)NC(=O)CSc1nnnn1-c1ccc(OC(F)(F)F)cc1. The molecule has 0 saturated heterocycles. The molecule has 2 rings (SSSR count). The second-order valence-corrected chi connectivity index (χ2v) is 5.27. The molecule has 0 fully saturated rings. The molecule has 0 spiro atoms. The van der Waals surface area contributed by atoms with E-state index in [0.29, 0.717) is 5.69 Å². The van der Waals surface area contributed by atoms with Crippen molar-refractivity contribution in [3.63, 3.8) is 0 Å². The van der Waals surface area contributed by atoms with Gasteiger partial charge in [0.15, 0.2) is 0 Å². The number of aromatic nitrogens is 4. The number of nitrogens with one attached hydrogen (secondary N) is 2. The minimum absolute atomic E-state index is 0.136. The Morgan fingerprint density at radius 3 is 2.56 bits per heavy atom. The van der Waals surface area contributed by atoms with Gasteiger partial charge in [-0.2, -0.15) is 4.68 Å². The van der Waals surface area contributed by atoms with Crippen molar-refractivity contribution < 1.29 is 27.5 Å². The van der Waals surface area contributed by atoms with E-state index in [1.807, 2.05) is 0 Å². The first-order chi connectivity index (χ1) is 11.8. The summed E-state index contributed by atoms with van der Waals surface area (Å²) in [5.41, 5.74) is 0.369. The van der Waals surface area contributed by atoms with Crippen LogP contribution < -0.4 is 15.4 Å². The molecular formula is C12H11F3N6O3S. The summed E-state index contributed by atoms with van der Waals surface area (Å²) in [6.45, 7) is 0. The van der Waals surface area contributed by atoms with Crippen molar-refractivity contribution in [3.05, 3.63) is 24.3 Å². The molecule has 1 aromatic carbocycles. The maximum Gasteiger partial charge on any atom is 0.573 e. The second kappa shape index (κ2) is 7.83. The molecular weight excluding hydrogens is 365 g/mol. The number of tetrazole rings is 1. The van der Waals surface area contributed by atoms with Gasteiger partial charge in [0, 0.05) is 7.05 Å². The van der Waals surface area contributed by atoms with Crippen LogP contribution in [0, 0.1) is 0 Å². The molecule has 2 N–H and O–H groups in total. The molecule has 25 heavy (non-hydrogen) atoms. The maximum absolute atomic E-state index is 12.1. The number of carbonyl (C=O) groups is 2. The first kappa shape index (κ1) is 18.5. The van der Waals surface area contributed by atoms with Crippen LogP contribution in [0.25, 0.3) is 5.69 Å². The lowest BCUT2D eigenvalue weighted by molar-refractivity contribution is -0.274. The highest BCUT2D eigenvalue weighted by Gasteiger charge is 2.31. The van der Waals surface area contributed by atoms with Crippen LogP contribution in [0.15, 0.2) is 29.4 Å². The first-order valence-electron chi connectivity index (χ1n) is 6.57. The van der Waals surface area contributed by atoms with Crippen LogP contribution in [-0.4, -0.2) is 51.3 Å². The minimum atomic E-state index is -4.78. The normalized spacial score (nSPS) is 11.0. The summed E-state index contributed by atoms with van der Waals surface area (Å²) in [5, 5.41) is 15.4. The number of ether oxygens (including phenoxy) is 1. The molecule has 0 aliphatic heterocycles.